The third-order valence-corrected chi connectivity index (χ3v) is 1.73. The molecule has 0 aromatic rings. The first-order chi connectivity index (χ1) is 7.66. The van der Waals surface area contributed by atoms with Crippen molar-refractivity contribution >= 4 is 31.5 Å². The van der Waals surface area contributed by atoms with Gasteiger partial charge < -0.3 is 15.3 Å². The molecule has 0 N–H and O–H groups in total. The molecular weight excluding hydrogens is 234 g/mol. The van der Waals surface area contributed by atoms with Gasteiger partial charge in [0.25, 0.3) is 0 Å². The Morgan fingerprint density at radius 2 is 0.812 bits per heavy atom. The summed E-state index contributed by atoms with van der Waals surface area (Å²) < 4.78 is 0. The van der Waals surface area contributed by atoms with Gasteiger partial charge in [-0.15, -0.1) is 19.8 Å². The van der Waals surface area contributed by atoms with Gasteiger partial charge in [0.15, 0.2) is 0 Å². The molecule has 0 aromatic heterocycles. The van der Waals surface area contributed by atoms with Crippen molar-refractivity contribution in [3.05, 3.63) is 0 Å². The van der Waals surface area contributed by atoms with Crippen LogP contribution in [0.4, 0.5) is 0 Å². The van der Waals surface area contributed by atoms with E-state index in [9.17, 15) is 0 Å². The van der Waals surface area contributed by atoms with E-state index < -0.39 is 0 Å². The fourth-order valence-electron chi connectivity index (χ4n) is 0.289. The zero-order valence-corrected chi connectivity index (χ0v) is 14.2. The third kappa shape index (κ3) is 335. The van der Waals surface area contributed by atoms with Crippen molar-refractivity contribution in [2.24, 2.45) is 0 Å². The van der Waals surface area contributed by atoms with Crippen LogP contribution in [-0.2, 0) is 0 Å². The van der Waals surface area contributed by atoms with Crippen molar-refractivity contribution in [2.45, 2.75) is 51.0 Å². The van der Waals surface area contributed by atoms with Crippen molar-refractivity contribution in [2.75, 3.05) is 19.8 Å². The van der Waals surface area contributed by atoms with Crippen LogP contribution in [0.1, 0.15) is 34.6 Å². The van der Waals surface area contributed by atoms with Crippen LogP contribution in [0.2, 0.25) is 16.4 Å². The maximum absolute atomic E-state index is 8.93. The molecule has 0 aliphatic heterocycles. The standard InChI is InChI=1S/3C2H5O.2C2H5.CH3.2Al/c3*1-2-3;2*1-2;;;/h3*2H2,1H3;2*1H2,2H3;1H3;;/q3*-1;;;;+1;+2. The fourth-order valence-corrected chi connectivity index (χ4v) is 0.866. The van der Waals surface area contributed by atoms with Crippen molar-refractivity contribution in [1.82, 2.24) is 0 Å². The summed E-state index contributed by atoms with van der Waals surface area (Å²) in [7, 11) is 0. The number of hydrogen-bond donors (Lipinski definition) is 0. The Bertz CT molecular complexity index is 43.5. The topological polar surface area (TPSA) is 69.2 Å². The molecule has 0 aromatic carbocycles. The third-order valence-electron chi connectivity index (χ3n) is 0.577. The van der Waals surface area contributed by atoms with Gasteiger partial charge in [-0.2, -0.15) is 0 Å². The number of hydrogen-bond acceptors (Lipinski definition) is 3. The molecule has 0 rings (SSSR count). The predicted molar refractivity (Wildman–Crippen MR) is 70.0 cm³/mol. The second kappa shape index (κ2) is 73.8. The first kappa shape index (κ1) is 30.2. The summed E-state index contributed by atoms with van der Waals surface area (Å²) >= 11 is 3.23. The normalized spacial score (nSPS) is 5.94. The second-order valence-corrected chi connectivity index (χ2v) is 4.18. The molecular formula is C11H28Al2O3. The molecule has 0 radical (unpaired) electrons. The molecule has 16 heavy (non-hydrogen) atoms. The monoisotopic (exact) mass is 262 g/mol. The van der Waals surface area contributed by atoms with E-state index in [1.165, 1.54) is 10.6 Å². The van der Waals surface area contributed by atoms with Gasteiger partial charge in [-0.25, -0.2) is 0 Å². The molecule has 0 saturated heterocycles. The zero-order valence-electron chi connectivity index (χ0n) is 11.9. The predicted octanol–water partition coefficient (Wildman–Crippen LogP) is -0.130. The van der Waals surface area contributed by atoms with Crippen LogP contribution >= 0.6 is 0 Å². The minimum atomic E-state index is 0. The van der Waals surface area contributed by atoms with Crippen LogP contribution < -0.4 is 15.3 Å². The Labute approximate surface area is 117 Å². The molecule has 0 saturated carbocycles. The first-order valence-electron chi connectivity index (χ1n) is 5.80. The molecule has 0 aliphatic rings. The molecule has 0 amide bonds. The summed E-state index contributed by atoms with van der Waals surface area (Å²) in [6, 6.07) is 0. The average molecular weight is 262 g/mol. The Balaban J connectivity index is -0.0000000329. The van der Waals surface area contributed by atoms with E-state index in [1.807, 2.05) is 5.79 Å². The van der Waals surface area contributed by atoms with Crippen LogP contribution in [0.5, 0.6) is 0 Å². The average Bonchev–Trinajstić information content (AvgIpc) is 2.25. The second-order valence-electron chi connectivity index (χ2n) is 1.97. The van der Waals surface area contributed by atoms with Crippen molar-refractivity contribution in [3.63, 3.8) is 0 Å². The van der Waals surface area contributed by atoms with Gasteiger partial charge in [-0.3, -0.25) is 0 Å². The van der Waals surface area contributed by atoms with Crippen LogP contribution in [0.15, 0.2) is 0 Å². The molecule has 96 valence electrons. The van der Waals surface area contributed by atoms with Gasteiger partial charge >= 0.3 is 61.7 Å². The van der Waals surface area contributed by atoms with E-state index in [0.717, 1.165) is 15.2 Å². The summed E-state index contributed by atoms with van der Waals surface area (Å²) in [6.07, 6.45) is 0. The SMILES string of the molecule is CC[O-].CC[O-].CC[O-].C[CH2][Al+][CH2]C.[CH3][Al+2]. The quantitative estimate of drug-likeness (QED) is 0.651. The minimum absolute atomic E-state index is 0. The summed E-state index contributed by atoms with van der Waals surface area (Å²) in [4.78, 5) is 0. The maximum atomic E-state index is 8.93. The Kier molecular flexibility index (Phi) is 139. The van der Waals surface area contributed by atoms with Crippen LogP contribution in [0, 0.1) is 0 Å². The van der Waals surface area contributed by atoms with Gasteiger partial charge in [-0.1, -0.05) is 20.8 Å². The molecule has 0 atom stereocenters. The van der Waals surface area contributed by atoms with Crippen molar-refractivity contribution < 1.29 is 15.3 Å². The van der Waals surface area contributed by atoms with Gasteiger partial charge in [0.2, 0.25) is 0 Å². The van der Waals surface area contributed by atoms with Crippen molar-refractivity contribution in [3.8, 4) is 0 Å². The van der Waals surface area contributed by atoms with Gasteiger partial charge in [0, 0.05) is 0 Å². The molecule has 0 spiro atoms. The summed E-state index contributed by atoms with van der Waals surface area (Å²) in [5, 5.41) is 29.6. The van der Waals surface area contributed by atoms with E-state index in [1.54, 1.807) is 20.8 Å². The Morgan fingerprint density at radius 1 is 0.688 bits per heavy atom. The van der Waals surface area contributed by atoms with Crippen LogP contribution in [0.25, 0.3) is 0 Å². The molecule has 3 nitrogen and oxygen atoms in total. The zero-order chi connectivity index (χ0) is 14.2. The molecule has 5 heteroatoms. The first-order valence-corrected chi connectivity index (χ1v) is 8.58. The molecule has 0 bridgehead atoms. The summed E-state index contributed by atoms with van der Waals surface area (Å²) in [6.45, 7) is 9.21. The van der Waals surface area contributed by atoms with Crippen LogP contribution in [-0.4, -0.2) is 51.3 Å². The van der Waals surface area contributed by atoms with Crippen molar-refractivity contribution in [1.29, 1.82) is 0 Å². The van der Waals surface area contributed by atoms with Crippen LogP contribution in [0.3, 0.4) is 0 Å². The van der Waals surface area contributed by atoms with E-state index in [-0.39, 0.29) is 19.8 Å². The van der Waals surface area contributed by atoms with Gasteiger partial charge in [0.05, 0.1) is 0 Å². The molecule has 0 heterocycles. The molecule has 0 aliphatic carbocycles. The van der Waals surface area contributed by atoms with E-state index in [0.29, 0.717) is 0 Å². The molecule has 0 fully saturated rings. The summed E-state index contributed by atoms with van der Waals surface area (Å²) in [5.74, 6) is 1.92. The Hall–Kier alpha value is 0.945. The van der Waals surface area contributed by atoms with Gasteiger partial charge in [0.1, 0.15) is 0 Å². The number of rotatable bonds is 2. The van der Waals surface area contributed by atoms with E-state index in [4.69, 9.17) is 15.3 Å². The fraction of sp³-hybridized carbons (Fsp3) is 1.00. The van der Waals surface area contributed by atoms with Gasteiger partial charge in [-0.05, 0) is 0 Å². The summed E-state index contributed by atoms with van der Waals surface area (Å²) in [5.41, 5.74) is 0. The van der Waals surface area contributed by atoms with E-state index in [2.05, 4.69) is 30.1 Å². The Morgan fingerprint density at radius 3 is 0.812 bits per heavy atom. The van der Waals surface area contributed by atoms with E-state index >= 15 is 0 Å². The molecule has 0 unspecified atom stereocenters.